The second-order valence-corrected chi connectivity index (χ2v) is 6.98. The van der Waals surface area contributed by atoms with E-state index in [0.717, 1.165) is 27.5 Å². The summed E-state index contributed by atoms with van der Waals surface area (Å²) < 4.78 is 1.93. The minimum Gasteiger partial charge on any atom is -0.306 e. The van der Waals surface area contributed by atoms with Crippen molar-refractivity contribution in [1.82, 2.24) is 19.7 Å². The molecular weight excluding hydrogens is 374 g/mol. The number of rotatable bonds is 6. The average molecular weight is 389 g/mol. The lowest BCUT2D eigenvalue weighted by molar-refractivity contribution is -0.384. The Morgan fingerprint density at radius 3 is 2.57 bits per heavy atom. The molecule has 2 aromatic carbocycles. The normalized spacial score (nSPS) is 10.7. The van der Waals surface area contributed by atoms with Crippen molar-refractivity contribution >= 4 is 17.4 Å². The van der Waals surface area contributed by atoms with Crippen molar-refractivity contribution in [2.24, 2.45) is 0 Å². The summed E-state index contributed by atoms with van der Waals surface area (Å²) in [4.78, 5) is 14.5. The van der Waals surface area contributed by atoms with Gasteiger partial charge in [0.05, 0.1) is 16.9 Å². The standard InChI is InChI=1S/C20H15N5O2S/c26-25(27)18-3-1-2-15(12-18)13-28-20-9-8-19(22-23-20)16-4-6-17(7-5-16)24-11-10-21-14-24/h1-12,14H,13H2. The van der Waals surface area contributed by atoms with Gasteiger partial charge < -0.3 is 4.57 Å². The molecule has 0 spiro atoms. The van der Waals surface area contributed by atoms with E-state index in [2.05, 4.69) is 15.2 Å². The zero-order valence-electron chi connectivity index (χ0n) is 14.7. The predicted molar refractivity (Wildman–Crippen MR) is 107 cm³/mol. The Bertz CT molecular complexity index is 1080. The van der Waals surface area contributed by atoms with Crippen LogP contribution < -0.4 is 0 Å². The van der Waals surface area contributed by atoms with E-state index in [4.69, 9.17) is 0 Å². The van der Waals surface area contributed by atoms with Crippen LogP contribution in [0.5, 0.6) is 0 Å². The summed E-state index contributed by atoms with van der Waals surface area (Å²) in [5.74, 6) is 0.593. The van der Waals surface area contributed by atoms with Crippen molar-refractivity contribution in [3.8, 4) is 16.9 Å². The van der Waals surface area contributed by atoms with Crippen molar-refractivity contribution in [1.29, 1.82) is 0 Å². The molecule has 0 fully saturated rings. The second-order valence-electron chi connectivity index (χ2n) is 5.99. The van der Waals surface area contributed by atoms with Gasteiger partial charge in [0.15, 0.2) is 0 Å². The molecule has 0 saturated carbocycles. The van der Waals surface area contributed by atoms with E-state index in [1.54, 1.807) is 24.7 Å². The molecule has 2 aromatic heterocycles. The molecule has 0 amide bonds. The van der Waals surface area contributed by atoms with E-state index in [9.17, 15) is 10.1 Å². The molecule has 0 saturated heterocycles. The van der Waals surface area contributed by atoms with Crippen molar-refractivity contribution in [2.75, 3.05) is 0 Å². The first-order chi connectivity index (χ1) is 13.7. The fraction of sp³-hybridized carbons (Fsp3) is 0.0500. The lowest BCUT2D eigenvalue weighted by atomic mass is 10.1. The highest BCUT2D eigenvalue weighted by Gasteiger charge is 2.07. The molecule has 0 unspecified atom stereocenters. The van der Waals surface area contributed by atoms with Crippen LogP contribution in [0, 0.1) is 10.1 Å². The summed E-state index contributed by atoms with van der Waals surface area (Å²) in [6, 6.07) is 18.5. The highest BCUT2D eigenvalue weighted by molar-refractivity contribution is 7.98. The topological polar surface area (TPSA) is 86.7 Å². The number of imidazole rings is 1. The molecule has 8 heteroatoms. The Kier molecular flexibility index (Phi) is 5.11. The van der Waals surface area contributed by atoms with Gasteiger partial charge in [0.2, 0.25) is 0 Å². The molecule has 0 aliphatic carbocycles. The number of benzene rings is 2. The zero-order valence-corrected chi connectivity index (χ0v) is 15.5. The van der Waals surface area contributed by atoms with Crippen molar-refractivity contribution in [2.45, 2.75) is 10.8 Å². The third kappa shape index (κ3) is 4.07. The molecule has 0 N–H and O–H groups in total. The minimum atomic E-state index is -0.388. The fourth-order valence-electron chi connectivity index (χ4n) is 2.68. The maximum absolute atomic E-state index is 10.9. The monoisotopic (exact) mass is 389 g/mol. The smallest absolute Gasteiger partial charge is 0.269 e. The molecule has 138 valence electrons. The summed E-state index contributed by atoms with van der Waals surface area (Å²) >= 11 is 1.49. The molecular formula is C20H15N5O2S. The predicted octanol–water partition coefficient (Wildman–Crippen LogP) is 4.53. The summed E-state index contributed by atoms with van der Waals surface area (Å²) in [5.41, 5.74) is 3.76. The fourth-order valence-corrected chi connectivity index (χ4v) is 3.44. The number of nitrogens with zero attached hydrogens (tertiary/aromatic N) is 5. The van der Waals surface area contributed by atoms with Crippen molar-refractivity contribution in [3.63, 3.8) is 0 Å². The molecule has 0 atom stereocenters. The SMILES string of the molecule is O=[N+]([O-])c1cccc(CSc2ccc(-c3ccc(-n4ccnc4)cc3)nn2)c1. The Balaban J connectivity index is 1.42. The van der Waals surface area contributed by atoms with Gasteiger partial charge in [-0.3, -0.25) is 10.1 Å². The number of hydrogen-bond acceptors (Lipinski definition) is 6. The summed E-state index contributed by atoms with van der Waals surface area (Å²) in [6.45, 7) is 0. The summed E-state index contributed by atoms with van der Waals surface area (Å²) in [6.07, 6.45) is 5.38. The first-order valence-electron chi connectivity index (χ1n) is 8.48. The van der Waals surface area contributed by atoms with E-state index < -0.39 is 0 Å². The van der Waals surface area contributed by atoms with Crippen LogP contribution in [0.1, 0.15) is 5.56 Å². The molecule has 4 rings (SSSR count). The van der Waals surface area contributed by atoms with Crippen LogP contribution in [-0.4, -0.2) is 24.7 Å². The number of nitro benzene ring substituents is 1. The average Bonchev–Trinajstić information content (AvgIpc) is 3.28. The summed E-state index contributed by atoms with van der Waals surface area (Å²) in [7, 11) is 0. The second kappa shape index (κ2) is 8.01. The van der Waals surface area contributed by atoms with Gasteiger partial charge in [0, 0.05) is 41.5 Å². The Hall–Kier alpha value is -3.52. The van der Waals surface area contributed by atoms with Gasteiger partial charge in [-0.05, 0) is 29.8 Å². The van der Waals surface area contributed by atoms with Gasteiger partial charge in [-0.15, -0.1) is 10.2 Å². The first kappa shape index (κ1) is 17.9. The van der Waals surface area contributed by atoms with Gasteiger partial charge in [0.1, 0.15) is 5.03 Å². The third-order valence-corrected chi connectivity index (χ3v) is 5.10. The minimum absolute atomic E-state index is 0.0960. The summed E-state index contributed by atoms with van der Waals surface area (Å²) in [5, 5.41) is 20.2. The highest BCUT2D eigenvalue weighted by atomic mass is 32.2. The Morgan fingerprint density at radius 1 is 1.04 bits per heavy atom. The molecule has 2 heterocycles. The molecule has 0 radical (unpaired) electrons. The van der Waals surface area contributed by atoms with Gasteiger partial charge in [-0.25, -0.2) is 4.98 Å². The highest BCUT2D eigenvalue weighted by Crippen LogP contribution is 2.25. The quantitative estimate of drug-likeness (QED) is 0.274. The molecule has 7 nitrogen and oxygen atoms in total. The van der Waals surface area contributed by atoms with Crippen LogP contribution in [0.15, 0.2) is 84.4 Å². The van der Waals surface area contributed by atoms with E-state index in [0.29, 0.717) is 5.75 Å². The van der Waals surface area contributed by atoms with Crippen LogP contribution in [0.25, 0.3) is 16.9 Å². The van der Waals surface area contributed by atoms with Gasteiger partial charge in [-0.2, -0.15) is 0 Å². The number of aromatic nitrogens is 4. The molecule has 0 bridgehead atoms. The van der Waals surface area contributed by atoms with Gasteiger partial charge >= 0.3 is 0 Å². The van der Waals surface area contributed by atoms with E-state index in [1.807, 2.05) is 53.2 Å². The molecule has 0 aliphatic heterocycles. The largest absolute Gasteiger partial charge is 0.306 e. The van der Waals surface area contributed by atoms with Crippen molar-refractivity contribution < 1.29 is 4.92 Å². The van der Waals surface area contributed by atoms with Crippen LogP contribution in [0.2, 0.25) is 0 Å². The van der Waals surface area contributed by atoms with E-state index in [1.165, 1.54) is 17.8 Å². The molecule has 4 aromatic rings. The van der Waals surface area contributed by atoms with E-state index >= 15 is 0 Å². The molecule has 28 heavy (non-hydrogen) atoms. The number of hydrogen-bond donors (Lipinski definition) is 0. The van der Waals surface area contributed by atoms with Crippen LogP contribution >= 0.6 is 11.8 Å². The van der Waals surface area contributed by atoms with Crippen LogP contribution in [-0.2, 0) is 5.75 Å². The Labute approximate surface area is 165 Å². The first-order valence-corrected chi connectivity index (χ1v) is 9.46. The van der Waals surface area contributed by atoms with Crippen LogP contribution in [0.3, 0.4) is 0 Å². The Morgan fingerprint density at radius 2 is 1.89 bits per heavy atom. The third-order valence-electron chi connectivity index (χ3n) is 4.11. The van der Waals surface area contributed by atoms with Gasteiger partial charge in [0.25, 0.3) is 5.69 Å². The van der Waals surface area contributed by atoms with E-state index in [-0.39, 0.29) is 10.6 Å². The number of thioether (sulfide) groups is 1. The lowest BCUT2D eigenvalue weighted by Crippen LogP contribution is -1.93. The van der Waals surface area contributed by atoms with Crippen LogP contribution in [0.4, 0.5) is 5.69 Å². The maximum Gasteiger partial charge on any atom is 0.269 e. The number of non-ortho nitro benzene ring substituents is 1. The lowest BCUT2D eigenvalue weighted by Gasteiger charge is -2.05. The zero-order chi connectivity index (χ0) is 19.3. The maximum atomic E-state index is 10.9. The number of nitro groups is 1. The van der Waals surface area contributed by atoms with Gasteiger partial charge in [-0.1, -0.05) is 36.0 Å². The van der Waals surface area contributed by atoms with Crippen molar-refractivity contribution in [3.05, 3.63) is 95.1 Å². The molecule has 0 aliphatic rings.